The quantitative estimate of drug-likeness (QED) is 0.197. The van der Waals surface area contributed by atoms with Crippen LogP contribution in [-0.4, -0.2) is 60.6 Å². The van der Waals surface area contributed by atoms with E-state index < -0.39 is 73.6 Å². The summed E-state index contributed by atoms with van der Waals surface area (Å²) in [5.74, 6) is -27.5. The Bertz CT molecular complexity index is 753. The van der Waals surface area contributed by atoms with Crippen LogP contribution in [0.2, 0.25) is 0 Å². The van der Waals surface area contributed by atoms with Gasteiger partial charge in [0.1, 0.15) is 0 Å². The van der Waals surface area contributed by atoms with Gasteiger partial charge < -0.3 is 0 Å². The van der Waals surface area contributed by atoms with E-state index in [1.54, 1.807) is 4.74 Å². The molecule has 3 atom stereocenters. The third-order valence-electron chi connectivity index (χ3n) is 3.35. The van der Waals surface area contributed by atoms with Crippen LogP contribution in [0.5, 0.6) is 0 Å². The molecule has 210 valence electrons. The maximum Gasteiger partial charge on any atom is 0.458 e. The summed E-state index contributed by atoms with van der Waals surface area (Å²) < 4.78 is 253. The summed E-state index contributed by atoms with van der Waals surface area (Å²) in [5.41, 5.74) is 0. The summed E-state index contributed by atoms with van der Waals surface area (Å²) in [6, 6.07) is 0. The van der Waals surface area contributed by atoms with E-state index in [1.807, 2.05) is 4.74 Å². The van der Waals surface area contributed by atoms with Gasteiger partial charge in [-0.25, -0.2) is 4.39 Å². The molecule has 0 rings (SSSR count). The molecule has 0 spiro atoms. The first-order valence-corrected chi connectivity index (χ1v) is 7.61. The van der Waals surface area contributed by atoms with Gasteiger partial charge in [-0.1, -0.05) is 6.58 Å². The van der Waals surface area contributed by atoms with Gasteiger partial charge in [0.25, 0.3) is 6.36 Å². The van der Waals surface area contributed by atoms with Gasteiger partial charge in [-0.2, -0.15) is 79.0 Å². The van der Waals surface area contributed by atoms with Crippen LogP contribution in [0.4, 0.5) is 83.4 Å². The lowest BCUT2D eigenvalue weighted by Gasteiger charge is -2.41. The van der Waals surface area contributed by atoms with Crippen LogP contribution in [0, 0.1) is 0 Å². The van der Waals surface area contributed by atoms with Crippen molar-refractivity contribution in [2.75, 3.05) is 0 Å². The standard InChI is InChI=1S/C13H7F19O3/c1-3-6(17,18)4(14)33-12(29,30)7(19,9(21,22)23)35-13(31,32)8(20,10(24,25)26)34-11(27,28)5(2,15)16/h3-4H,1H2,2H3. The Balaban J connectivity index is 6.82. The average molecular weight is 572 g/mol. The number of halogens is 19. The van der Waals surface area contributed by atoms with Crippen LogP contribution in [0.25, 0.3) is 0 Å². The first-order valence-electron chi connectivity index (χ1n) is 7.61. The summed E-state index contributed by atoms with van der Waals surface area (Å²) in [6.07, 6.45) is -44.7. The summed E-state index contributed by atoms with van der Waals surface area (Å²) in [5, 5.41) is 0. The van der Waals surface area contributed by atoms with Gasteiger partial charge in [0, 0.05) is 6.92 Å². The van der Waals surface area contributed by atoms with Gasteiger partial charge in [-0.15, -0.1) is 0 Å². The molecule has 3 nitrogen and oxygen atoms in total. The molecule has 0 aromatic heterocycles. The fourth-order valence-corrected chi connectivity index (χ4v) is 1.45. The van der Waals surface area contributed by atoms with E-state index in [1.165, 1.54) is 4.74 Å². The summed E-state index contributed by atoms with van der Waals surface area (Å²) in [7, 11) is 0. The third kappa shape index (κ3) is 6.17. The van der Waals surface area contributed by atoms with Crippen molar-refractivity contribution in [3.63, 3.8) is 0 Å². The predicted octanol–water partition coefficient (Wildman–Crippen LogP) is 7.04. The second-order valence-corrected chi connectivity index (χ2v) is 6.14. The van der Waals surface area contributed by atoms with E-state index in [0.717, 1.165) is 0 Å². The molecule has 35 heavy (non-hydrogen) atoms. The van der Waals surface area contributed by atoms with Crippen LogP contribution in [-0.2, 0) is 14.2 Å². The minimum absolute atomic E-state index is 0.978. The normalized spacial score (nSPS) is 19.7. The second-order valence-electron chi connectivity index (χ2n) is 6.14. The van der Waals surface area contributed by atoms with E-state index >= 15 is 0 Å². The number of rotatable bonds is 11. The van der Waals surface area contributed by atoms with Gasteiger partial charge in [0.05, 0.1) is 0 Å². The van der Waals surface area contributed by atoms with Crippen LogP contribution in [0.3, 0.4) is 0 Å². The summed E-state index contributed by atoms with van der Waals surface area (Å²) >= 11 is 0. The fraction of sp³-hybridized carbons (Fsp3) is 0.846. The highest BCUT2D eigenvalue weighted by molar-refractivity contribution is 4.97. The molecule has 0 saturated carbocycles. The molecule has 0 aromatic carbocycles. The molecule has 0 amide bonds. The zero-order valence-electron chi connectivity index (χ0n) is 15.8. The highest BCUT2D eigenvalue weighted by Crippen LogP contribution is 2.57. The van der Waals surface area contributed by atoms with E-state index in [4.69, 9.17) is 0 Å². The Labute approximate surface area is 179 Å². The van der Waals surface area contributed by atoms with Crippen molar-refractivity contribution in [3.05, 3.63) is 12.7 Å². The SMILES string of the molecule is C=CC(F)(F)C(F)OC(F)(F)C(F)(OC(F)(F)C(F)(OC(F)(F)C(C)(F)F)C(F)(F)F)C(F)(F)F. The molecule has 0 aliphatic heterocycles. The van der Waals surface area contributed by atoms with Gasteiger partial charge in [0.15, 0.2) is 0 Å². The Morgan fingerprint density at radius 3 is 1.17 bits per heavy atom. The number of hydrogen-bond donors (Lipinski definition) is 0. The lowest BCUT2D eigenvalue weighted by atomic mass is 10.2. The molecule has 0 aromatic rings. The molecule has 0 bridgehead atoms. The minimum atomic E-state index is -8.14. The molecule has 0 fully saturated rings. The first kappa shape index (κ1) is 33.3. The average Bonchev–Trinajstić information content (AvgIpc) is 2.57. The van der Waals surface area contributed by atoms with Crippen LogP contribution >= 0.6 is 0 Å². The van der Waals surface area contributed by atoms with Crippen molar-refractivity contribution in [1.29, 1.82) is 0 Å². The first-order chi connectivity index (χ1) is 14.9. The molecule has 0 radical (unpaired) electrons. The maximum absolute atomic E-state index is 13.9. The minimum Gasteiger partial charge on any atom is -0.274 e. The lowest BCUT2D eigenvalue weighted by Crippen LogP contribution is -2.69. The number of alkyl halides is 19. The molecule has 0 saturated heterocycles. The van der Waals surface area contributed by atoms with E-state index in [2.05, 4.69) is 6.58 Å². The van der Waals surface area contributed by atoms with Gasteiger partial charge in [0.2, 0.25) is 0 Å². The van der Waals surface area contributed by atoms with Gasteiger partial charge in [-0.3, -0.25) is 14.2 Å². The largest absolute Gasteiger partial charge is 0.458 e. The Hall–Kier alpha value is -1.71. The van der Waals surface area contributed by atoms with Crippen molar-refractivity contribution in [2.24, 2.45) is 0 Å². The summed E-state index contributed by atoms with van der Waals surface area (Å²) in [6.45, 7) is 0.951. The van der Waals surface area contributed by atoms with E-state index in [9.17, 15) is 83.4 Å². The van der Waals surface area contributed by atoms with Crippen molar-refractivity contribution in [2.45, 2.75) is 67.5 Å². The van der Waals surface area contributed by atoms with E-state index in [-0.39, 0.29) is 0 Å². The molecule has 0 aliphatic rings. The second kappa shape index (κ2) is 8.99. The highest BCUT2D eigenvalue weighted by Gasteiger charge is 2.85. The van der Waals surface area contributed by atoms with Crippen LogP contribution < -0.4 is 0 Å². The molecule has 3 unspecified atom stereocenters. The molecule has 0 heterocycles. The van der Waals surface area contributed by atoms with Gasteiger partial charge >= 0.3 is 54.2 Å². The van der Waals surface area contributed by atoms with Crippen LogP contribution in [0.1, 0.15) is 6.92 Å². The maximum atomic E-state index is 13.9. The topological polar surface area (TPSA) is 27.7 Å². The molecule has 0 N–H and O–H groups in total. The molecule has 22 heteroatoms. The predicted molar refractivity (Wildman–Crippen MR) is 68.5 cm³/mol. The fourth-order valence-electron chi connectivity index (χ4n) is 1.45. The van der Waals surface area contributed by atoms with E-state index in [0.29, 0.717) is 0 Å². The van der Waals surface area contributed by atoms with Crippen LogP contribution in [0.15, 0.2) is 12.7 Å². The number of ether oxygens (including phenoxy) is 3. The lowest BCUT2D eigenvalue weighted by molar-refractivity contribution is -0.569. The van der Waals surface area contributed by atoms with Crippen molar-refractivity contribution in [3.8, 4) is 0 Å². The zero-order chi connectivity index (χ0) is 28.9. The molecular weight excluding hydrogens is 565 g/mol. The molecule has 0 aliphatic carbocycles. The highest BCUT2D eigenvalue weighted by atomic mass is 19.4. The van der Waals surface area contributed by atoms with Crippen molar-refractivity contribution < 1.29 is 97.6 Å². The third-order valence-corrected chi connectivity index (χ3v) is 3.35. The Morgan fingerprint density at radius 1 is 0.571 bits per heavy atom. The monoisotopic (exact) mass is 572 g/mol. The zero-order valence-corrected chi connectivity index (χ0v) is 15.8. The van der Waals surface area contributed by atoms with Crippen molar-refractivity contribution in [1.82, 2.24) is 0 Å². The summed E-state index contributed by atoms with van der Waals surface area (Å²) in [4.78, 5) is 0. The van der Waals surface area contributed by atoms with Gasteiger partial charge in [-0.05, 0) is 6.08 Å². The Morgan fingerprint density at radius 2 is 0.886 bits per heavy atom. The Kier molecular flexibility index (Phi) is 8.55. The molecular formula is C13H7F19O3. The van der Waals surface area contributed by atoms with Crippen molar-refractivity contribution >= 4 is 0 Å². The number of hydrogen-bond acceptors (Lipinski definition) is 3. The smallest absolute Gasteiger partial charge is 0.274 e.